The predicted octanol–water partition coefficient (Wildman–Crippen LogP) is 5.63. The van der Waals surface area contributed by atoms with E-state index >= 15 is 0 Å². The first-order valence-corrected chi connectivity index (χ1v) is 10.5. The number of amides is 2. The van der Waals surface area contributed by atoms with Gasteiger partial charge in [0.05, 0.1) is 4.91 Å². The van der Waals surface area contributed by atoms with Gasteiger partial charge in [0, 0.05) is 23.3 Å². The summed E-state index contributed by atoms with van der Waals surface area (Å²) in [6.07, 6.45) is 2.95. The molecule has 0 saturated carbocycles. The van der Waals surface area contributed by atoms with E-state index < -0.39 is 0 Å². The second-order valence-corrected chi connectivity index (χ2v) is 9.84. The fourth-order valence-electron chi connectivity index (χ4n) is 4.61. The summed E-state index contributed by atoms with van der Waals surface area (Å²) >= 11 is 1.04. The Morgan fingerprint density at radius 3 is 2.37 bits per heavy atom. The molecule has 1 fully saturated rings. The van der Waals surface area contributed by atoms with Crippen LogP contribution in [0.1, 0.15) is 71.9 Å². The molecule has 1 saturated heterocycles. The van der Waals surface area contributed by atoms with E-state index in [9.17, 15) is 9.59 Å². The van der Waals surface area contributed by atoms with Crippen molar-refractivity contribution in [1.82, 2.24) is 4.90 Å². The number of nitrogens with zero attached hydrogens (tertiary/aromatic N) is 2. The van der Waals surface area contributed by atoms with Crippen LogP contribution in [0.4, 0.5) is 10.5 Å². The zero-order chi connectivity index (χ0) is 20.1. The highest BCUT2D eigenvalue weighted by atomic mass is 32.2. The first-order valence-electron chi connectivity index (χ1n) is 9.73. The zero-order valence-corrected chi connectivity index (χ0v) is 18.2. The molecule has 27 heavy (non-hydrogen) atoms. The third-order valence-corrected chi connectivity index (χ3v) is 6.34. The Hall–Kier alpha value is -1.75. The highest BCUT2D eigenvalue weighted by Gasteiger charge is 2.38. The maximum absolute atomic E-state index is 12.5. The van der Waals surface area contributed by atoms with Crippen molar-refractivity contribution in [1.29, 1.82) is 0 Å². The molecule has 2 aliphatic heterocycles. The van der Waals surface area contributed by atoms with Crippen molar-refractivity contribution in [2.24, 2.45) is 0 Å². The Bertz CT molecular complexity index is 811. The van der Waals surface area contributed by atoms with Crippen molar-refractivity contribution in [3.63, 3.8) is 0 Å². The summed E-state index contributed by atoms with van der Waals surface area (Å²) in [5.41, 5.74) is 3.70. The molecular formula is C22H30N2O2S. The van der Waals surface area contributed by atoms with Gasteiger partial charge >= 0.3 is 0 Å². The van der Waals surface area contributed by atoms with Gasteiger partial charge in [-0.1, -0.05) is 13.0 Å². The van der Waals surface area contributed by atoms with Crippen LogP contribution in [0.15, 0.2) is 23.1 Å². The quantitative estimate of drug-likeness (QED) is 0.631. The third kappa shape index (κ3) is 3.54. The van der Waals surface area contributed by atoms with Crippen molar-refractivity contribution in [3.05, 3.63) is 34.2 Å². The van der Waals surface area contributed by atoms with E-state index in [4.69, 9.17) is 0 Å². The first-order chi connectivity index (χ1) is 12.5. The van der Waals surface area contributed by atoms with Crippen molar-refractivity contribution in [3.8, 4) is 0 Å². The van der Waals surface area contributed by atoms with Crippen LogP contribution in [0.5, 0.6) is 0 Å². The maximum atomic E-state index is 12.5. The molecule has 0 spiro atoms. The van der Waals surface area contributed by atoms with Gasteiger partial charge in [0.1, 0.15) is 0 Å². The first kappa shape index (κ1) is 20.0. The Kier molecular flexibility index (Phi) is 5.19. The van der Waals surface area contributed by atoms with E-state index in [1.54, 1.807) is 0 Å². The number of hydrogen-bond acceptors (Lipinski definition) is 4. The van der Waals surface area contributed by atoms with Gasteiger partial charge in [-0.2, -0.15) is 0 Å². The largest absolute Gasteiger partial charge is 0.364 e. The minimum atomic E-state index is -0.185. The van der Waals surface area contributed by atoms with Crippen LogP contribution in [0.25, 0.3) is 6.08 Å². The highest BCUT2D eigenvalue weighted by molar-refractivity contribution is 8.18. The summed E-state index contributed by atoms with van der Waals surface area (Å²) in [6, 6.07) is 6.72. The van der Waals surface area contributed by atoms with Crippen LogP contribution in [-0.4, -0.2) is 33.7 Å². The van der Waals surface area contributed by atoms with Crippen molar-refractivity contribution >= 4 is 34.7 Å². The van der Waals surface area contributed by atoms with Crippen molar-refractivity contribution < 1.29 is 9.59 Å². The number of thioether (sulfide) groups is 1. The SMILES string of the molecule is CC1CC(C)(C)N(C(C)C)c2ccc(/C=C3\SC(=O)N(C(C)C)C3=O)cc21. The topological polar surface area (TPSA) is 40.6 Å². The fraction of sp³-hybridized carbons (Fsp3) is 0.545. The summed E-state index contributed by atoms with van der Waals surface area (Å²) in [7, 11) is 0. The number of carbonyl (C=O) groups is 2. The lowest BCUT2D eigenvalue weighted by atomic mass is 9.79. The van der Waals surface area contributed by atoms with Crippen LogP contribution in [0, 0.1) is 0 Å². The van der Waals surface area contributed by atoms with Gasteiger partial charge < -0.3 is 4.90 Å². The Labute approximate surface area is 167 Å². The molecule has 146 valence electrons. The van der Waals surface area contributed by atoms with Gasteiger partial charge in [-0.05, 0) is 95.0 Å². The molecule has 0 radical (unpaired) electrons. The lowest BCUT2D eigenvalue weighted by Gasteiger charge is -2.50. The second kappa shape index (κ2) is 7.01. The monoisotopic (exact) mass is 386 g/mol. The molecule has 1 aromatic rings. The summed E-state index contributed by atoms with van der Waals surface area (Å²) in [5, 5.41) is -0.180. The zero-order valence-electron chi connectivity index (χ0n) is 17.4. The molecule has 3 rings (SSSR count). The van der Waals surface area contributed by atoms with Gasteiger partial charge in [0.25, 0.3) is 11.1 Å². The summed E-state index contributed by atoms with van der Waals surface area (Å²) in [6.45, 7) is 15.1. The molecular weight excluding hydrogens is 356 g/mol. The molecule has 2 aliphatic rings. The number of imide groups is 1. The van der Waals surface area contributed by atoms with E-state index in [-0.39, 0.29) is 22.7 Å². The molecule has 0 bridgehead atoms. The smallest absolute Gasteiger partial charge is 0.293 e. The number of fused-ring (bicyclic) bond motifs is 1. The summed E-state index contributed by atoms with van der Waals surface area (Å²) in [5.74, 6) is 0.264. The number of anilines is 1. The van der Waals surface area contributed by atoms with E-state index in [0.29, 0.717) is 16.9 Å². The molecule has 5 heteroatoms. The van der Waals surface area contributed by atoms with Crippen molar-refractivity contribution in [2.75, 3.05) is 4.90 Å². The molecule has 0 aromatic heterocycles. The molecule has 2 heterocycles. The lowest BCUT2D eigenvalue weighted by molar-refractivity contribution is -0.123. The number of hydrogen-bond donors (Lipinski definition) is 0. The minimum absolute atomic E-state index is 0.113. The average molecular weight is 387 g/mol. The minimum Gasteiger partial charge on any atom is -0.364 e. The molecule has 0 aliphatic carbocycles. The number of carbonyl (C=O) groups excluding carboxylic acids is 2. The molecule has 2 amide bonds. The Balaban J connectivity index is 1.99. The normalized spacial score (nSPS) is 23.7. The molecule has 4 nitrogen and oxygen atoms in total. The maximum Gasteiger partial charge on any atom is 0.293 e. The Morgan fingerprint density at radius 1 is 1.15 bits per heavy atom. The summed E-state index contributed by atoms with van der Waals surface area (Å²) in [4.78, 5) is 29.0. The van der Waals surface area contributed by atoms with E-state index in [1.165, 1.54) is 16.2 Å². The summed E-state index contributed by atoms with van der Waals surface area (Å²) < 4.78 is 0. The Morgan fingerprint density at radius 2 is 1.81 bits per heavy atom. The standard InChI is InChI=1S/C22H30N2O2S/c1-13(2)23-20(25)19(27-21(23)26)11-16-8-9-18-17(10-16)15(5)12-22(6,7)24(18)14(3)4/h8-11,13-15H,12H2,1-7H3/b19-11-. The van der Waals surface area contributed by atoms with E-state index in [2.05, 4.69) is 57.7 Å². The lowest BCUT2D eigenvalue weighted by Crippen LogP contribution is -2.51. The molecule has 0 N–H and O–H groups in total. The van der Waals surface area contributed by atoms with Gasteiger partial charge in [-0.25, -0.2) is 0 Å². The molecule has 1 unspecified atom stereocenters. The third-order valence-electron chi connectivity index (χ3n) is 5.45. The van der Waals surface area contributed by atoms with E-state index in [1.807, 2.05) is 19.9 Å². The van der Waals surface area contributed by atoms with Gasteiger partial charge in [-0.15, -0.1) is 0 Å². The van der Waals surface area contributed by atoms with Gasteiger partial charge in [-0.3, -0.25) is 14.5 Å². The number of benzene rings is 1. The molecule has 1 aromatic carbocycles. The van der Waals surface area contributed by atoms with Crippen LogP contribution >= 0.6 is 11.8 Å². The predicted molar refractivity (Wildman–Crippen MR) is 114 cm³/mol. The van der Waals surface area contributed by atoms with Gasteiger partial charge in [0.2, 0.25) is 0 Å². The van der Waals surface area contributed by atoms with Crippen LogP contribution in [0.3, 0.4) is 0 Å². The average Bonchev–Trinajstić information content (AvgIpc) is 2.80. The van der Waals surface area contributed by atoms with Crippen molar-refractivity contribution in [2.45, 2.75) is 78.4 Å². The van der Waals surface area contributed by atoms with E-state index in [0.717, 1.165) is 23.7 Å². The van der Waals surface area contributed by atoms with Crippen LogP contribution in [-0.2, 0) is 4.79 Å². The fourth-order valence-corrected chi connectivity index (χ4v) is 5.57. The molecule has 1 atom stereocenters. The second-order valence-electron chi connectivity index (χ2n) is 8.85. The van der Waals surface area contributed by atoms with Crippen LogP contribution in [0.2, 0.25) is 0 Å². The number of rotatable bonds is 3. The highest BCUT2D eigenvalue weighted by Crippen LogP contribution is 2.45. The van der Waals surface area contributed by atoms with Crippen LogP contribution < -0.4 is 4.90 Å². The van der Waals surface area contributed by atoms with Gasteiger partial charge in [0.15, 0.2) is 0 Å².